The number of rotatable bonds is 4. The largest absolute Gasteiger partial charge is 0.549 e. The molecule has 0 heterocycles. The van der Waals surface area contributed by atoms with Gasteiger partial charge in [0.15, 0.2) is 0 Å². The van der Waals surface area contributed by atoms with E-state index < -0.39 is 12.4 Å². The highest BCUT2D eigenvalue weighted by Gasteiger charge is 2.16. The predicted molar refractivity (Wildman–Crippen MR) is 55.8 cm³/mol. The van der Waals surface area contributed by atoms with E-state index in [4.69, 9.17) is 44.0 Å². The van der Waals surface area contributed by atoms with Crippen LogP contribution in [0.15, 0.2) is 0 Å². The quantitative estimate of drug-likeness (QED) is 0.431. The van der Waals surface area contributed by atoms with Crippen LogP contribution in [0.3, 0.4) is 0 Å². The molecule has 0 saturated carbocycles. The van der Waals surface area contributed by atoms with Crippen molar-refractivity contribution in [1.82, 2.24) is 0 Å². The van der Waals surface area contributed by atoms with Crippen LogP contribution >= 0.6 is 34.8 Å². The number of ether oxygens (including phenoxy) is 1. The zero-order valence-electron chi connectivity index (χ0n) is 6.94. The molecule has 0 aliphatic carbocycles. The van der Waals surface area contributed by atoms with E-state index in [2.05, 4.69) is 0 Å². The molecular formula is C6H11Cl3O2Si. The zero-order chi connectivity index (χ0) is 9.61. The summed E-state index contributed by atoms with van der Waals surface area (Å²) in [5.74, 6) is 0. The lowest BCUT2D eigenvalue weighted by atomic mass is 10.8. The Labute approximate surface area is 89.0 Å². The van der Waals surface area contributed by atoms with Gasteiger partial charge in [0, 0.05) is 7.11 Å². The summed E-state index contributed by atoms with van der Waals surface area (Å²) >= 11 is 16.6. The Hall–Kier alpha value is 0.717. The third-order valence-corrected chi connectivity index (χ3v) is 3.36. The van der Waals surface area contributed by atoms with Crippen LogP contribution in [0.4, 0.5) is 0 Å². The minimum absolute atomic E-state index is 0.540. The summed E-state index contributed by atoms with van der Waals surface area (Å²) in [6, 6.07) is 0. The van der Waals surface area contributed by atoms with Crippen molar-refractivity contribution >= 4 is 49.1 Å². The van der Waals surface area contributed by atoms with Gasteiger partial charge in [0.2, 0.25) is 12.4 Å². The molecule has 0 aromatic heterocycles. The van der Waals surface area contributed by atoms with E-state index in [9.17, 15) is 0 Å². The highest BCUT2D eigenvalue weighted by Crippen LogP contribution is 2.22. The molecule has 0 saturated heterocycles. The fourth-order valence-electron chi connectivity index (χ4n) is 0.558. The molecule has 0 N–H and O–H groups in total. The Morgan fingerprint density at radius 1 is 1.33 bits per heavy atom. The summed E-state index contributed by atoms with van der Waals surface area (Å²) in [5.41, 5.74) is 1.60. The molecule has 72 valence electrons. The molecule has 0 spiro atoms. The molecule has 0 aromatic carbocycles. The highest BCUT2D eigenvalue weighted by molar-refractivity contribution is 6.82. The van der Waals surface area contributed by atoms with E-state index in [1.54, 1.807) is 12.8 Å². The normalized spacial score (nSPS) is 13.2. The van der Waals surface area contributed by atoms with Gasteiger partial charge < -0.3 is 9.16 Å². The lowest BCUT2D eigenvalue weighted by Crippen LogP contribution is -2.18. The molecule has 12 heavy (non-hydrogen) atoms. The van der Waals surface area contributed by atoms with Crippen molar-refractivity contribution in [3.8, 4) is 0 Å². The highest BCUT2D eigenvalue weighted by atomic mass is 35.6. The zero-order valence-corrected chi connectivity index (χ0v) is 10.2. The third-order valence-electron chi connectivity index (χ3n) is 0.984. The van der Waals surface area contributed by atoms with Crippen LogP contribution in [0.2, 0.25) is 6.55 Å². The fraction of sp³-hybridized carbons (Fsp3) is 0.833. The second kappa shape index (κ2) is 6.21. The Balaban J connectivity index is 3.71. The summed E-state index contributed by atoms with van der Waals surface area (Å²) in [6.45, 7) is 3.01. The molecule has 0 amide bonds. The van der Waals surface area contributed by atoms with Gasteiger partial charge in [-0.2, -0.15) is 0 Å². The lowest BCUT2D eigenvalue weighted by Gasteiger charge is -2.08. The first-order valence-corrected chi connectivity index (χ1v) is 6.45. The van der Waals surface area contributed by atoms with Crippen LogP contribution < -0.4 is 0 Å². The van der Waals surface area contributed by atoms with Crippen molar-refractivity contribution in [2.75, 3.05) is 20.3 Å². The molecule has 6 heteroatoms. The van der Waals surface area contributed by atoms with E-state index in [1.807, 2.05) is 6.55 Å². The summed E-state index contributed by atoms with van der Waals surface area (Å²) in [7, 11) is 0.495. The van der Waals surface area contributed by atoms with E-state index in [0.29, 0.717) is 13.2 Å². The van der Waals surface area contributed by atoms with Gasteiger partial charge in [-0.3, -0.25) is 0 Å². The number of methoxy groups -OCH3 is 1. The predicted octanol–water partition coefficient (Wildman–Crippen LogP) is 2.02. The Kier molecular flexibility index (Phi) is 6.58. The van der Waals surface area contributed by atoms with Crippen LogP contribution in [0.25, 0.3) is 0 Å². The average molecular weight is 250 g/mol. The average Bonchev–Trinajstić information content (AvgIpc) is 1.84. The summed E-state index contributed by atoms with van der Waals surface area (Å²) in [6.07, 6.45) is 0. The first-order chi connectivity index (χ1) is 5.45. The van der Waals surface area contributed by atoms with Crippen molar-refractivity contribution in [2.45, 2.75) is 10.3 Å². The van der Waals surface area contributed by atoms with Crippen molar-refractivity contribution in [3.63, 3.8) is 0 Å². The van der Waals surface area contributed by atoms with Gasteiger partial charge in [0.1, 0.15) is 0 Å². The Morgan fingerprint density at radius 3 is 2.33 bits per heavy atom. The van der Waals surface area contributed by atoms with Gasteiger partial charge in [0.05, 0.1) is 13.2 Å². The molecule has 0 atom stereocenters. The number of hydrogen-bond acceptors (Lipinski definition) is 2. The summed E-state index contributed by atoms with van der Waals surface area (Å²) < 4.78 is 8.82. The van der Waals surface area contributed by atoms with Crippen LogP contribution in [0.1, 0.15) is 0 Å². The Bertz CT molecular complexity index is 155. The maximum absolute atomic E-state index is 5.53. The maximum Gasteiger partial charge on any atom is 0.228 e. The standard InChI is InChI=1S/C6H11Cl3O2Si/c1-10-3-4-11-12(2)5-6(7,8)9/h5H,3-4H2,1-2H3. The molecule has 0 unspecified atom stereocenters. The molecular weight excluding hydrogens is 239 g/mol. The topological polar surface area (TPSA) is 18.5 Å². The smallest absolute Gasteiger partial charge is 0.228 e. The molecule has 0 aliphatic heterocycles. The van der Waals surface area contributed by atoms with E-state index in [-0.39, 0.29) is 0 Å². The number of halogens is 3. The molecule has 0 bridgehead atoms. The van der Waals surface area contributed by atoms with E-state index in [0.717, 1.165) is 0 Å². The molecule has 0 aliphatic rings. The molecule has 0 rings (SSSR count). The van der Waals surface area contributed by atoms with Crippen molar-refractivity contribution in [3.05, 3.63) is 0 Å². The first-order valence-electron chi connectivity index (χ1n) is 3.33. The van der Waals surface area contributed by atoms with Gasteiger partial charge in [-0.05, 0) is 12.2 Å². The van der Waals surface area contributed by atoms with Crippen LogP contribution in [0, 0.1) is 0 Å². The van der Waals surface area contributed by atoms with Gasteiger partial charge in [0.25, 0.3) is 0 Å². The van der Waals surface area contributed by atoms with Crippen LogP contribution in [-0.4, -0.2) is 38.4 Å². The van der Waals surface area contributed by atoms with Crippen LogP contribution in [0.5, 0.6) is 0 Å². The van der Waals surface area contributed by atoms with Crippen molar-refractivity contribution < 1.29 is 9.16 Å². The fourth-order valence-corrected chi connectivity index (χ4v) is 2.89. The minimum atomic E-state index is -1.31. The van der Waals surface area contributed by atoms with E-state index in [1.165, 1.54) is 0 Å². The second-order valence-corrected chi connectivity index (χ2v) is 6.31. The molecule has 0 radical (unpaired) electrons. The van der Waals surface area contributed by atoms with Crippen LogP contribution in [-0.2, 0) is 9.16 Å². The Morgan fingerprint density at radius 2 is 1.92 bits per heavy atom. The molecule has 0 aromatic rings. The molecule has 2 nitrogen and oxygen atoms in total. The lowest BCUT2D eigenvalue weighted by molar-refractivity contribution is 0.149. The van der Waals surface area contributed by atoms with Gasteiger partial charge in [-0.25, -0.2) is 0 Å². The summed E-state index contributed by atoms with van der Waals surface area (Å²) in [4.78, 5) is 0. The monoisotopic (exact) mass is 248 g/mol. The minimum Gasteiger partial charge on any atom is -0.549 e. The van der Waals surface area contributed by atoms with E-state index >= 15 is 0 Å². The van der Waals surface area contributed by atoms with Crippen molar-refractivity contribution in [2.24, 2.45) is 0 Å². The second-order valence-electron chi connectivity index (χ2n) is 2.14. The van der Waals surface area contributed by atoms with Gasteiger partial charge >= 0.3 is 0 Å². The number of alkyl halides is 3. The molecule has 0 fully saturated rings. The van der Waals surface area contributed by atoms with Gasteiger partial charge in [-0.15, -0.1) is 0 Å². The SMILES string of the molecule is COCCO[Si](C)=CC(Cl)(Cl)Cl. The summed E-state index contributed by atoms with van der Waals surface area (Å²) in [5, 5.41) is 0. The van der Waals surface area contributed by atoms with Crippen molar-refractivity contribution in [1.29, 1.82) is 0 Å². The van der Waals surface area contributed by atoms with Gasteiger partial charge in [-0.1, -0.05) is 34.8 Å². The third kappa shape index (κ3) is 8.81. The maximum atomic E-state index is 5.53. The first kappa shape index (κ1) is 12.7. The number of hydrogen-bond donors (Lipinski definition) is 0.